The van der Waals surface area contributed by atoms with Crippen LogP contribution in [0, 0.1) is 11.8 Å². The molecule has 0 radical (unpaired) electrons. The number of aliphatic carboxylic acids is 1. The van der Waals surface area contributed by atoms with Crippen molar-refractivity contribution in [1.29, 1.82) is 0 Å². The zero-order valence-electron chi connectivity index (χ0n) is 14.8. The van der Waals surface area contributed by atoms with Crippen molar-refractivity contribution in [3.8, 4) is 0 Å². The van der Waals surface area contributed by atoms with E-state index in [9.17, 15) is 14.7 Å². The monoisotopic (exact) mass is 336 g/mol. The van der Waals surface area contributed by atoms with Gasteiger partial charge in [0.1, 0.15) is 0 Å². The van der Waals surface area contributed by atoms with Gasteiger partial charge in [0.15, 0.2) is 5.78 Å². The van der Waals surface area contributed by atoms with Crippen LogP contribution in [0.15, 0.2) is 24.3 Å². The molecule has 24 heavy (non-hydrogen) atoms. The molecule has 0 aromatic heterocycles. The predicted octanol–water partition coefficient (Wildman–Crippen LogP) is 4.28. The number of rotatable bonds is 14. The molecule has 0 amide bonds. The fourth-order valence-corrected chi connectivity index (χ4v) is 2.91. The summed E-state index contributed by atoms with van der Waals surface area (Å²) in [6.45, 7) is 2.20. The molecule has 0 aromatic rings. The lowest BCUT2D eigenvalue weighted by Gasteiger charge is -2.08. The number of hydrogen-bond acceptors (Lipinski definition) is 3. The van der Waals surface area contributed by atoms with Crippen LogP contribution in [-0.4, -0.2) is 28.1 Å². The fourth-order valence-electron chi connectivity index (χ4n) is 2.91. The highest BCUT2D eigenvalue weighted by Gasteiger charge is 2.45. The van der Waals surface area contributed by atoms with E-state index in [1.807, 2.05) is 6.08 Å². The lowest BCUT2D eigenvalue weighted by Crippen LogP contribution is -2.13. The molecule has 1 rings (SSSR count). The Bertz CT molecular complexity index is 439. The Morgan fingerprint density at radius 2 is 1.79 bits per heavy atom. The van der Waals surface area contributed by atoms with E-state index in [0.29, 0.717) is 12.8 Å². The van der Waals surface area contributed by atoms with E-state index in [1.54, 1.807) is 6.08 Å². The second-order valence-corrected chi connectivity index (χ2v) is 6.71. The van der Waals surface area contributed by atoms with Crippen LogP contribution in [-0.2, 0) is 9.59 Å². The van der Waals surface area contributed by atoms with Gasteiger partial charge in [-0.2, -0.15) is 0 Å². The maximum Gasteiger partial charge on any atom is 0.303 e. The SMILES string of the molecule is CCCCC/C=C\CC/C=C/C(=O)[C@@H]1C[C@H]1[C@@H](O)CCCC(=O)O. The quantitative estimate of drug-likeness (QED) is 0.282. The van der Waals surface area contributed by atoms with Gasteiger partial charge < -0.3 is 10.2 Å². The molecule has 1 saturated carbocycles. The Morgan fingerprint density at radius 3 is 2.50 bits per heavy atom. The van der Waals surface area contributed by atoms with E-state index in [0.717, 1.165) is 25.7 Å². The average molecular weight is 336 g/mol. The first-order chi connectivity index (χ1) is 11.6. The van der Waals surface area contributed by atoms with Gasteiger partial charge in [0.25, 0.3) is 0 Å². The molecule has 0 saturated heterocycles. The summed E-state index contributed by atoms with van der Waals surface area (Å²) in [6, 6.07) is 0. The smallest absolute Gasteiger partial charge is 0.303 e. The predicted molar refractivity (Wildman–Crippen MR) is 95.8 cm³/mol. The van der Waals surface area contributed by atoms with Crippen molar-refractivity contribution >= 4 is 11.8 Å². The summed E-state index contributed by atoms with van der Waals surface area (Å²) in [7, 11) is 0. The van der Waals surface area contributed by atoms with Gasteiger partial charge in [0.2, 0.25) is 0 Å². The molecule has 0 spiro atoms. The minimum absolute atomic E-state index is 0.0226. The standard InChI is InChI=1S/C20H32O4/c1-2-3-4-5-6-7-8-9-10-12-18(21)16-15-17(16)19(22)13-11-14-20(23)24/h6-7,10,12,16-17,19,22H,2-5,8-9,11,13-15H2,1H3,(H,23,24)/b7-6-,12-10+/t16-,17-,19+/m1/s1. The summed E-state index contributed by atoms with van der Waals surface area (Å²) in [5.74, 6) is -0.780. The van der Waals surface area contributed by atoms with Crippen molar-refractivity contribution in [2.45, 2.75) is 77.2 Å². The molecule has 1 aliphatic carbocycles. The van der Waals surface area contributed by atoms with Crippen LogP contribution in [0.1, 0.15) is 71.1 Å². The highest BCUT2D eigenvalue weighted by atomic mass is 16.4. The van der Waals surface area contributed by atoms with Gasteiger partial charge in [-0.05, 0) is 56.9 Å². The summed E-state index contributed by atoms with van der Waals surface area (Å²) in [5.41, 5.74) is 0. The first-order valence-electron chi connectivity index (χ1n) is 9.31. The zero-order chi connectivity index (χ0) is 17.8. The van der Waals surface area contributed by atoms with Crippen molar-refractivity contribution in [3.63, 3.8) is 0 Å². The van der Waals surface area contributed by atoms with E-state index in [-0.39, 0.29) is 24.0 Å². The van der Waals surface area contributed by atoms with Crippen LogP contribution in [0.25, 0.3) is 0 Å². The maximum absolute atomic E-state index is 12.0. The molecule has 0 heterocycles. The third-order valence-electron chi connectivity index (χ3n) is 4.51. The normalized spacial score (nSPS) is 21.4. The highest BCUT2D eigenvalue weighted by Crippen LogP contribution is 2.43. The summed E-state index contributed by atoms with van der Waals surface area (Å²) in [5, 5.41) is 18.6. The average Bonchev–Trinajstić information content (AvgIpc) is 3.33. The first kappa shape index (κ1) is 20.6. The molecular formula is C20H32O4. The van der Waals surface area contributed by atoms with Crippen molar-refractivity contribution in [1.82, 2.24) is 0 Å². The van der Waals surface area contributed by atoms with Crippen LogP contribution >= 0.6 is 0 Å². The molecule has 3 atom stereocenters. The van der Waals surface area contributed by atoms with Crippen molar-refractivity contribution in [2.75, 3.05) is 0 Å². The molecule has 0 aliphatic heterocycles. The largest absolute Gasteiger partial charge is 0.481 e. The molecule has 1 aliphatic rings. The minimum atomic E-state index is -0.840. The fraction of sp³-hybridized carbons (Fsp3) is 0.700. The molecule has 4 heteroatoms. The number of carbonyl (C=O) groups excluding carboxylic acids is 1. The van der Waals surface area contributed by atoms with E-state index in [1.165, 1.54) is 19.3 Å². The lowest BCUT2D eigenvalue weighted by atomic mass is 10.0. The Kier molecular flexibility index (Phi) is 10.3. The second kappa shape index (κ2) is 12.0. The number of allylic oxidation sites excluding steroid dienone is 4. The molecule has 136 valence electrons. The van der Waals surface area contributed by atoms with Gasteiger partial charge >= 0.3 is 5.97 Å². The number of ketones is 1. The summed E-state index contributed by atoms with van der Waals surface area (Å²) in [6.07, 6.45) is 15.9. The summed E-state index contributed by atoms with van der Waals surface area (Å²) >= 11 is 0. The van der Waals surface area contributed by atoms with Crippen LogP contribution in [0.4, 0.5) is 0 Å². The summed E-state index contributed by atoms with van der Waals surface area (Å²) in [4.78, 5) is 22.4. The Labute approximate surface area is 145 Å². The minimum Gasteiger partial charge on any atom is -0.481 e. The summed E-state index contributed by atoms with van der Waals surface area (Å²) < 4.78 is 0. The van der Waals surface area contributed by atoms with Crippen LogP contribution in [0.3, 0.4) is 0 Å². The number of carboxylic acid groups (broad SMARTS) is 1. The molecule has 0 unspecified atom stereocenters. The number of carboxylic acids is 1. The number of hydrogen-bond donors (Lipinski definition) is 2. The number of unbranched alkanes of at least 4 members (excludes halogenated alkanes) is 4. The molecular weight excluding hydrogens is 304 g/mol. The van der Waals surface area contributed by atoms with E-state index in [4.69, 9.17) is 5.11 Å². The van der Waals surface area contributed by atoms with Gasteiger partial charge in [0, 0.05) is 12.3 Å². The van der Waals surface area contributed by atoms with Crippen LogP contribution in [0.5, 0.6) is 0 Å². The van der Waals surface area contributed by atoms with Gasteiger partial charge in [-0.3, -0.25) is 9.59 Å². The number of aliphatic hydroxyl groups excluding tert-OH is 1. The molecule has 4 nitrogen and oxygen atoms in total. The van der Waals surface area contributed by atoms with Gasteiger partial charge in [-0.1, -0.05) is 38.0 Å². The van der Waals surface area contributed by atoms with Gasteiger partial charge in [-0.25, -0.2) is 0 Å². The molecule has 0 aromatic carbocycles. The Morgan fingerprint density at radius 1 is 1.08 bits per heavy atom. The topological polar surface area (TPSA) is 74.6 Å². The van der Waals surface area contributed by atoms with E-state index in [2.05, 4.69) is 19.1 Å². The zero-order valence-corrected chi connectivity index (χ0v) is 14.8. The van der Waals surface area contributed by atoms with Crippen molar-refractivity contribution in [3.05, 3.63) is 24.3 Å². The lowest BCUT2D eigenvalue weighted by molar-refractivity contribution is -0.137. The Balaban J connectivity index is 2.10. The number of aliphatic hydroxyl groups is 1. The third kappa shape index (κ3) is 9.02. The van der Waals surface area contributed by atoms with E-state index >= 15 is 0 Å². The van der Waals surface area contributed by atoms with Crippen molar-refractivity contribution in [2.24, 2.45) is 11.8 Å². The molecule has 0 bridgehead atoms. The Hall–Kier alpha value is -1.42. The van der Waals surface area contributed by atoms with Gasteiger partial charge in [-0.15, -0.1) is 0 Å². The molecule has 1 fully saturated rings. The van der Waals surface area contributed by atoms with E-state index < -0.39 is 12.1 Å². The number of carbonyl (C=O) groups is 2. The molecule has 2 N–H and O–H groups in total. The highest BCUT2D eigenvalue weighted by molar-refractivity contribution is 5.93. The third-order valence-corrected chi connectivity index (χ3v) is 4.51. The van der Waals surface area contributed by atoms with Crippen molar-refractivity contribution < 1.29 is 19.8 Å². The van der Waals surface area contributed by atoms with Crippen LogP contribution in [0.2, 0.25) is 0 Å². The van der Waals surface area contributed by atoms with Crippen LogP contribution < -0.4 is 0 Å². The second-order valence-electron chi connectivity index (χ2n) is 6.71. The van der Waals surface area contributed by atoms with Gasteiger partial charge in [0.05, 0.1) is 6.10 Å². The first-order valence-corrected chi connectivity index (χ1v) is 9.31. The maximum atomic E-state index is 12.0.